The van der Waals surface area contributed by atoms with Crippen molar-refractivity contribution in [1.29, 1.82) is 0 Å². The number of nitrogens with zero attached hydrogens (tertiary/aromatic N) is 1. The minimum absolute atomic E-state index is 0.105. The van der Waals surface area contributed by atoms with Gasteiger partial charge in [0.2, 0.25) is 0 Å². The van der Waals surface area contributed by atoms with E-state index in [1.165, 1.54) is 44.1 Å². The zero-order valence-electron chi connectivity index (χ0n) is 10.9. The van der Waals surface area contributed by atoms with Gasteiger partial charge in [-0.05, 0) is 48.1 Å². The summed E-state index contributed by atoms with van der Waals surface area (Å²) >= 11 is 1.78. The number of aliphatic hydroxyl groups is 1. The largest absolute Gasteiger partial charge is 0.391 e. The van der Waals surface area contributed by atoms with Gasteiger partial charge in [-0.3, -0.25) is 4.90 Å². The maximum Gasteiger partial charge on any atom is 0.0695 e. The van der Waals surface area contributed by atoms with E-state index < -0.39 is 0 Å². The van der Waals surface area contributed by atoms with E-state index in [0.29, 0.717) is 6.04 Å². The van der Waals surface area contributed by atoms with Gasteiger partial charge in [-0.15, -0.1) is 0 Å². The minimum Gasteiger partial charge on any atom is -0.391 e. The minimum atomic E-state index is -0.105. The summed E-state index contributed by atoms with van der Waals surface area (Å²) in [5.74, 6) is 0. The molecule has 100 valence electrons. The molecule has 0 aromatic carbocycles. The van der Waals surface area contributed by atoms with Crippen molar-refractivity contribution in [1.82, 2.24) is 4.90 Å². The standard InChI is InChI=1S/C15H23NOS/c17-15-5-3-1-2-4-14(15)16(13-6-7-13)10-12-8-9-18-11-12/h8-9,11,13-15,17H,1-7,10H2. The third-order valence-corrected chi connectivity index (χ3v) is 5.06. The van der Waals surface area contributed by atoms with Crippen molar-refractivity contribution in [3.63, 3.8) is 0 Å². The summed E-state index contributed by atoms with van der Waals surface area (Å²) < 4.78 is 0. The van der Waals surface area contributed by atoms with Gasteiger partial charge in [0.25, 0.3) is 0 Å². The summed E-state index contributed by atoms with van der Waals surface area (Å²) in [4.78, 5) is 2.60. The first-order valence-electron chi connectivity index (χ1n) is 7.29. The van der Waals surface area contributed by atoms with E-state index in [1.807, 2.05) is 0 Å². The van der Waals surface area contributed by atoms with Crippen molar-refractivity contribution in [3.05, 3.63) is 22.4 Å². The van der Waals surface area contributed by atoms with Crippen molar-refractivity contribution in [2.75, 3.05) is 0 Å². The van der Waals surface area contributed by atoms with E-state index in [1.54, 1.807) is 11.3 Å². The number of rotatable bonds is 4. The predicted molar refractivity (Wildman–Crippen MR) is 75.8 cm³/mol. The summed E-state index contributed by atoms with van der Waals surface area (Å²) in [6, 6.07) is 3.37. The fourth-order valence-electron chi connectivity index (χ4n) is 3.17. The van der Waals surface area contributed by atoms with Crippen LogP contribution in [-0.4, -0.2) is 28.2 Å². The Labute approximate surface area is 114 Å². The van der Waals surface area contributed by atoms with Crippen LogP contribution < -0.4 is 0 Å². The van der Waals surface area contributed by atoms with Crippen LogP contribution in [0.2, 0.25) is 0 Å². The molecule has 18 heavy (non-hydrogen) atoms. The Morgan fingerprint density at radius 2 is 2.00 bits per heavy atom. The van der Waals surface area contributed by atoms with Crippen LogP contribution >= 0.6 is 11.3 Å². The molecule has 0 aliphatic heterocycles. The molecule has 2 aliphatic carbocycles. The molecule has 2 saturated carbocycles. The first kappa shape index (κ1) is 12.6. The normalized spacial score (nSPS) is 29.4. The summed E-state index contributed by atoms with van der Waals surface area (Å²) in [6.07, 6.45) is 8.51. The lowest BCUT2D eigenvalue weighted by Gasteiger charge is -2.34. The number of thiophene rings is 1. The van der Waals surface area contributed by atoms with Crippen molar-refractivity contribution >= 4 is 11.3 Å². The monoisotopic (exact) mass is 265 g/mol. The zero-order valence-corrected chi connectivity index (χ0v) is 11.7. The van der Waals surface area contributed by atoms with Crippen molar-refractivity contribution in [2.24, 2.45) is 0 Å². The molecule has 2 fully saturated rings. The Bertz CT molecular complexity index is 361. The molecule has 0 spiro atoms. The Morgan fingerprint density at radius 1 is 1.17 bits per heavy atom. The van der Waals surface area contributed by atoms with E-state index in [-0.39, 0.29) is 6.10 Å². The van der Waals surface area contributed by atoms with E-state index in [2.05, 4.69) is 21.7 Å². The molecular weight excluding hydrogens is 242 g/mol. The van der Waals surface area contributed by atoms with Crippen LogP contribution in [0.25, 0.3) is 0 Å². The van der Waals surface area contributed by atoms with Gasteiger partial charge in [0.1, 0.15) is 0 Å². The molecule has 0 radical (unpaired) electrons. The molecule has 2 unspecified atom stereocenters. The molecule has 2 nitrogen and oxygen atoms in total. The molecule has 1 aromatic heterocycles. The first-order valence-corrected chi connectivity index (χ1v) is 8.24. The van der Waals surface area contributed by atoms with Crippen LogP contribution in [0.1, 0.15) is 50.5 Å². The highest BCUT2D eigenvalue weighted by molar-refractivity contribution is 7.07. The van der Waals surface area contributed by atoms with Gasteiger partial charge in [0, 0.05) is 18.6 Å². The quantitative estimate of drug-likeness (QED) is 0.843. The lowest BCUT2D eigenvalue weighted by atomic mass is 10.0. The predicted octanol–water partition coefficient (Wildman–Crippen LogP) is 3.41. The molecule has 1 N–H and O–H groups in total. The second-order valence-corrected chi connectivity index (χ2v) is 6.59. The summed E-state index contributed by atoms with van der Waals surface area (Å²) in [5.41, 5.74) is 1.42. The zero-order chi connectivity index (χ0) is 12.4. The van der Waals surface area contributed by atoms with Crippen LogP contribution in [-0.2, 0) is 6.54 Å². The third-order valence-electron chi connectivity index (χ3n) is 4.33. The highest BCUT2D eigenvalue weighted by Crippen LogP contribution is 2.34. The van der Waals surface area contributed by atoms with Crippen molar-refractivity contribution in [3.8, 4) is 0 Å². The molecule has 3 rings (SSSR count). The van der Waals surface area contributed by atoms with Crippen molar-refractivity contribution in [2.45, 2.75) is 69.7 Å². The topological polar surface area (TPSA) is 23.5 Å². The molecule has 3 heteroatoms. The molecule has 2 atom stereocenters. The maximum absolute atomic E-state index is 10.4. The third kappa shape index (κ3) is 2.95. The molecule has 1 heterocycles. The fraction of sp³-hybridized carbons (Fsp3) is 0.733. The van der Waals surface area contributed by atoms with E-state index >= 15 is 0 Å². The van der Waals surface area contributed by atoms with E-state index in [9.17, 15) is 5.11 Å². The van der Waals surface area contributed by atoms with Gasteiger partial charge in [0.15, 0.2) is 0 Å². The molecule has 0 saturated heterocycles. The number of hydrogen-bond acceptors (Lipinski definition) is 3. The second kappa shape index (κ2) is 5.72. The van der Waals surface area contributed by atoms with Crippen LogP contribution in [0.3, 0.4) is 0 Å². The van der Waals surface area contributed by atoms with E-state index in [0.717, 1.165) is 19.0 Å². The molecule has 0 bridgehead atoms. The lowest BCUT2D eigenvalue weighted by Crippen LogP contribution is -2.43. The highest BCUT2D eigenvalue weighted by atomic mass is 32.1. The molecular formula is C15H23NOS. The highest BCUT2D eigenvalue weighted by Gasteiger charge is 2.37. The SMILES string of the molecule is OC1CCCCCC1N(Cc1ccsc1)C1CC1. The summed E-state index contributed by atoms with van der Waals surface area (Å²) in [6.45, 7) is 1.04. The Kier molecular flexibility index (Phi) is 4.02. The van der Waals surface area contributed by atoms with Gasteiger partial charge >= 0.3 is 0 Å². The van der Waals surface area contributed by atoms with Gasteiger partial charge in [-0.25, -0.2) is 0 Å². The fourth-order valence-corrected chi connectivity index (χ4v) is 3.83. The summed E-state index contributed by atoms with van der Waals surface area (Å²) in [5, 5.41) is 14.8. The maximum atomic E-state index is 10.4. The molecule has 2 aliphatic rings. The van der Waals surface area contributed by atoms with Crippen LogP contribution in [0.4, 0.5) is 0 Å². The van der Waals surface area contributed by atoms with Crippen LogP contribution in [0, 0.1) is 0 Å². The average Bonchev–Trinajstić information content (AvgIpc) is 3.12. The average molecular weight is 265 g/mol. The number of aliphatic hydroxyl groups excluding tert-OH is 1. The van der Waals surface area contributed by atoms with Crippen LogP contribution in [0.15, 0.2) is 16.8 Å². The molecule has 0 amide bonds. The molecule has 1 aromatic rings. The lowest BCUT2D eigenvalue weighted by molar-refractivity contribution is 0.0346. The second-order valence-electron chi connectivity index (χ2n) is 5.81. The number of hydrogen-bond donors (Lipinski definition) is 1. The Morgan fingerprint density at radius 3 is 2.72 bits per heavy atom. The van der Waals surface area contributed by atoms with Gasteiger partial charge in [0.05, 0.1) is 6.10 Å². The van der Waals surface area contributed by atoms with Gasteiger partial charge in [-0.1, -0.05) is 19.3 Å². The Balaban J connectivity index is 1.71. The van der Waals surface area contributed by atoms with Gasteiger partial charge < -0.3 is 5.11 Å². The van der Waals surface area contributed by atoms with Gasteiger partial charge in [-0.2, -0.15) is 11.3 Å². The van der Waals surface area contributed by atoms with E-state index in [4.69, 9.17) is 0 Å². The van der Waals surface area contributed by atoms with Crippen molar-refractivity contribution < 1.29 is 5.11 Å². The first-order chi connectivity index (χ1) is 8.84. The smallest absolute Gasteiger partial charge is 0.0695 e. The Hall–Kier alpha value is -0.380. The summed E-state index contributed by atoms with van der Waals surface area (Å²) in [7, 11) is 0. The van der Waals surface area contributed by atoms with Crippen LogP contribution in [0.5, 0.6) is 0 Å².